The third-order valence-corrected chi connectivity index (χ3v) is 5.49. The van der Waals surface area contributed by atoms with E-state index in [4.69, 9.17) is 4.42 Å². The molecule has 1 saturated heterocycles. The summed E-state index contributed by atoms with van der Waals surface area (Å²) in [4.78, 5) is 2.43. The molecule has 3 aromatic heterocycles. The van der Waals surface area contributed by atoms with E-state index in [0.29, 0.717) is 6.04 Å². The molecule has 1 fully saturated rings. The predicted molar refractivity (Wildman–Crippen MR) is 94.5 cm³/mol. The summed E-state index contributed by atoms with van der Waals surface area (Å²) in [6.45, 7) is 7.08. The van der Waals surface area contributed by atoms with Crippen LogP contribution >= 0.6 is 11.8 Å². The van der Waals surface area contributed by atoms with Gasteiger partial charge in [-0.1, -0.05) is 0 Å². The van der Waals surface area contributed by atoms with Gasteiger partial charge in [0.1, 0.15) is 12.1 Å². The largest absolute Gasteiger partial charge is 0.453 e. The van der Waals surface area contributed by atoms with E-state index in [1.54, 1.807) is 6.33 Å². The van der Waals surface area contributed by atoms with Crippen molar-refractivity contribution in [3.05, 3.63) is 41.7 Å². The Morgan fingerprint density at radius 2 is 2.20 bits per heavy atom. The fourth-order valence-electron chi connectivity index (χ4n) is 3.34. The monoisotopic (exact) mass is 358 g/mol. The van der Waals surface area contributed by atoms with Gasteiger partial charge in [-0.25, -0.2) is 0 Å². The SMILES string of the molecule is Cc1cc(C)n([C@@H]2CCN(Cc3ccc(Sc4nncn4C)o3)C2)n1. The van der Waals surface area contributed by atoms with Gasteiger partial charge >= 0.3 is 0 Å². The topological polar surface area (TPSA) is 64.9 Å². The van der Waals surface area contributed by atoms with Gasteiger partial charge < -0.3 is 8.98 Å². The second-order valence-electron chi connectivity index (χ2n) is 6.60. The smallest absolute Gasteiger partial charge is 0.198 e. The maximum Gasteiger partial charge on any atom is 0.198 e. The first-order chi connectivity index (χ1) is 12.1. The molecule has 1 aliphatic heterocycles. The zero-order valence-corrected chi connectivity index (χ0v) is 15.5. The first kappa shape index (κ1) is 16.4. The molecular weight excluding hydrogens is 336 g/mol. The van der Waals surface area contributed by atoms with Crippen molar-refractivity contribution in [1.29, 1.82) is 0 Å². The van der Waals surface area contributed by atoms with Crippen LogP contribution in [0.15, 0.2) is 39.2 Å². The molecule has 1 atom stereocenters. The Kier molecular flexibility index (Phi) is 4.39. The number of nitrogens with zero attached hydrogens (tertiary/aromatic N) is 6. The van der Waals surface area contributed by atoms with E-state index < -0.39 is 0 Å². The van der Waals surface area contributed by atoms with Gasteiger partial charge in [-0.2, -0.15) is 5.10 Å². The Morgan fingerprint density at radius 3 is 2.92 bits per heavy atom. The van der Waals surface area contributed by atoms with E-state index in [9.17, 15) is 0 Å². The molecule has 132 valence electrons. The lowest BCUT2D eigenvalue weighted by Crippen LogP contribution is -2.21. The van der Waals surface area contributed by atoms with Crippen LogP contribution in [-0.2, 0) is 13.6 Å². The molecule has 8 heteroatoms. The molecule has 4 heterocycles. The van der Waals surface area contributed by atoms with Gasteiger partial charge in [-0.05, 0) is 50.2 Å². The Hall–Kier alpha value is -2.06. The van der Waals surface area contributed by atoms with E-state index >= 15 is 0 Å². The Bertz CT molecular complexity index is 866. The molecule has 0 spiro atoms. The number of hydrogen-bond donors (Lipinski definition) is 0. The van der Waals surface area contributed by atoms with Gasteiger partial charge in [0, 0.05) is 25.8 Å². The molecule has 1 aliphatic rings. The van der Waals surface area contributed by atoms with Crippen molar-refractivity contribution in [2.75, 3.05) is 13.1 Å². The van der Waals surface area contributed by atoms with Crippen molar-refractivity contribution in [2.24, 2.45) is 7.05 Å². The van der Waals surface area contributed by atoms with Gasteiger partial charge in [-0.15, -0.1) is 10.2 Å². The van der Waals surface area contributed by atoms with Crippen LogP contribution in [-0.4, -0.2) is 42.5 Å². The summed E-state index contributed by atoms with van der Waals surface area (Å²) in [7, 11) is 1.93. The highest BCUT2D eigenvalue weighted by Gasteiger charge is 2.26. The van der Waals surface area contributed by atoms with Crippen molar-refractivity contribution in [1.82, 2.24) is 29.4 Å². The first-order valence-corrected chi connectivity index (χ1v) is 9.26. The van der Waals surface area contributed by atoms with E-state index in [0.717, 1.165) is 47.8 Å². The van der Waals surface area contributed by atoms with Gasteiger partial charge in [-0.3, -0.25) is 9.58 Å². The zero-order valence-electron chi connectivity index (χ0n) is 14.7. The quantitative estimate of drug-likeness (QED) is 0.699. The van der Waals surface area contributed by atoms with Gasteiger partial charge in [0.25, 0.3) is 0 Å². The summed E-state index contributed by atoms with van der Waals surface area (Å²) in [5, 5.41) is 14.3. The molecule has 3 aromatic rings. The van der Waals surface area contributed by atoms with Crippen molar-refractivity contribution < 1.29 is 4.42 Å². The summed E-state index contributed by atoms with van der Waals surface area (Å²) < 4.78 is 10.0. The van der Waals surface area contributed by atoms with Crippen molar-refractivity contribution >= 4 is 11.8 Å². The van der Waals surface area contributed by atoms with Crippen LogP contribution in [0, 0.1) is 13.8 Å². The van der Waals surface area contributed by atoms with Crippen LogP contribution in [0.2, 0.25) is 0 Å². The lowest BCUT2D eigenvalue weighted by molar-refractivity contribution is 0.273. The number of likely N-dealkylation sites (tertiary alicyclic amines) is 1. The van der Waals surface area contributed by atoms with E-state index in [2.05, 4.69) is 50.9 Å². The van der Waals surface area contributed by atoms with E-state index in [-0.39, 0.29) is 0 Å². The van der Waals surface area contributed by atoms with E-state index in [1.165, 1.54) is 17.5 Å². The van der Waals surface area contributed by atoms with Crippen LogP contribution in [0.3, 0.4) is 0 Å². The molecule has 0 amide bonds. The van der Waals surface area contributed by atoms with Crippen LogP contribution in [0.4, 0.5) is 0 Å². The summed E-state index contributed by atoms with van der Waals surface area (Å²) >= 11 is 1.49. The maximum absolute atomic E-state index is 5.96. The highest BCUT2D eigenvalue weighted by Crippen LogP contribution is 2.29. The molecule has 0 aliphatic carbocycles. The second kappa shape index (κ2) is 6.68. The molecule has 7 nitrogen and oxygen atoms in total. The fraction of sp³-hybridized carbons (Fsp3) is 0.471. The Balaban J connectivity index is 1.37. The molecule has 25 heavy (non-hydrogen) atoms. The molecule has 0 N–H and O–H groups in total. The third kappa shape index (κ3) is 3.50. The van der Waals surface area contributed by atoms with Crippen LogP contribution in [0.5, 0.6) is 0 Å². The summed E-state index contributed by atoms with van der Waals surface area (Å²) in [5.74, 6) is 0.985. The Morgan fingerprint density at radius 1 is 1.32 bits per heavy atom. The zero-order chi connectivity index (χ0) is 17.4. The van der Waals surface area contributed by atoms with Crippen molar-refractivity contribution in [2.45, 2.75) is 43.1 Å². The minimum Gasteiger partial charge on any atom is -0.453 e. The minimum absolute atomic E-state index is 0.455. The van der Waals surface area contributed by atoms with Gasteiger partial charge in [0.15, 0.2) is 10.2 Å². The van der Waals surface area contributed by atoms with Gasteiger partial charge in [0.05, 0.1) is 18.3 Å². The summed E-state index contributed by atoms with van der Waals surface area (Å²) in [6.07, 6.45) is 2.82. The maximum atomic E-state index is 5.96. The molecule has 4 rings (SSSR count). The average molecular weight is 358 g/mol. The summed E-state index contributed by atoms with van der Waals surface area (Å²) in [5.41, 5.74) is 2.33. The highest BCUT2D eigenvalue weighted by atomic mass is 32.2. The molecule has 0 saturated carbocycles. The number of rotatable bonds is 5. The fourth-order valence-corrected chi connectivity index (χ4v) is 4.09. The van der Waals surface area contributed by atoms with Crippen LogP contribution in [0.1, 0.15) is 29.6 Å². The number of aryl methyl sites for hydroxylation is 3. The first-order valence-electron chi connectivity index (χ1n) is 8.44. The lowest BCUT2D eigenvalue weighted by atomic mass is 10.2. The van der Waals surface area contributed by atoms with Crippen LogP contribution < -0.4 is 0 Å². The summed E-state index contributed by atoms with van der Waals surface area (Å²) in [6, 6.07) is 6.65. The van der Waals surface area contributed by atoms with Crippen molar-refractivity contribution in [3.63, 3.8) is 0 Å². The number of furan rings is 1. The third-order valence-electron chi connectivity index (χ3n) is 4.52. The second-order valence-corrected chi connectivity index (χ2v) is 7.57. The number of hydrogen-bond acceptors (Lipinski definition) is 6. The standard InChI is InChI=1S/C17H22N6OS/c1-12-8-13(2)23(20-12)14-6-7-22(9-14)10-15-4-5-16(24-15)25-17-19-18-11-21(17)3/h4-5,8,11,14H,6-7,9-10H2,1-3H3/t14-/m1/s1. The van der Waals surface area contributed by atoms with Gasteiger partial charge in [0.2, 0.25) is 0 Å². The van der Waals surface area contributed by atoms with E-state index in [1.807, 2.05) is 17.7 Å². The normalized spacial score (nSPS) is 18.3. The number of aromatic nitrogens is 5. The highest BCUT2D eigenvalue weighted by molar-refractivity contribution is 7.99. The predicted octanol–water partition coefficient (Wildman–Crippen LogP) is 2.82. The minimum atomic E-state index is 0.455. The Labute approximate surface area is 151 Å². The molecular formula is C17H22N6OS. The average Bonchev–Trinajstić information content (AvgIpc) is 3.32. The molecule has 0 aromatic carbocycles. The molecule has 0 bridgehead atoms. The van der Waals surface area contributed by atoms with Crippen LogP contribution in [0.25, 0.3) is 0 Å². The molecule has 0 unspecified atom stereocenters. The lowest BCUT2D eigenvalue weighted by Gasteiger charge is -2.15. The van der Waals surface area contributed by atoms with Crippen molar-refractivity contribution in [3.8, 4) is 0 Å². The molecule has 0 radical (unpaired) electrons.